The SMILES string of the molecule is Cc1cc(F)c(Br)cc1NC(=O)CCC1CCCNC1. The summed E-state index contributed by atoms with van der Waals surface area (Å²) in [6, 6.07) is 3.04. The summed E-state index contributed by atoms with van der Waals surface area (Å²) in [5.41, 5.74) is 1.41. The molecule has 110 valence electrons. The standard InChI is InChI=1S/C15H20BrFN2O/c1-10-7-13(17)12(16)8-14(10)19-15(20)5-4-11-3-2-6-18-9-11/h7-8,11,18H,2-6,9H2,1H3,(H,19,20). The second kappa shape index (κ2) is 7.18. The van der Waals surface area contributed by atoms with E-state index in [9.17, 15) is 9.18 Å². The monoisotopic (exact) mass is 342 g/mol. The summed E-state index contributed by atoms with van der Waals surface area (Å²) in [5, 5.41) is 6.21. The third-order valence-electron chi connectivity index (χ3n) is 3.72. The van der Waals surface area contributed by atoms with E-state index in [0.29, 0.717) is 22.5 Å². The highest BCUT2D eigenvalue weighted by molar-refractivity contribution is 9.10. The molecule has 1 aromatic rings. The Hall–Kier alpha value is -0.940. The molecule has 1 unspecified atom stereocenters. The van der Waals surface area contributed by atoms with Crippen molar-refractivity contribution in [3.05, 3.63) is 28.0 Å². The van der Waals surface area contributed by atoms with Crippen LogP contribution in [-0.2, 0) is 4.79 Å². The molecule has 5 heteroatoms. The van der Waals surface area contributed by atoms with Crippen LogP contribution in [0.4, 0.5) is 10.1 Å². The van der Waals surface area contributed by atoms with Gasteiger partial charge < -0.3 is 10.6 Å². The quantitative estimate of drug-likeness (QED) is 0.877. The summed E-state index contributed by atoms with van der Waals surface area (Å²) >= 11 is 3.14. The van der Waals surface area contributed by atoms with Gasteiger partial charge in [-0.1, -0.05) is 0 Å². The van der Waals surface area contributed by atoms with Gasteiger partial charge in [-0.3, -0.25) is 4.79 Å². The van der Waals surface area contributed by atoms with E-state index in [2.05, 4.69) is 26.6 Å². The molecule has 1 aliphatic rings. The maximum absolute atomic E-state index is 13.3. The Morgan fingerprint density at radius 2 is 2.35 bits per heavy atom. The number of halogens is 2. The summed E-state index contributed by atoms with van der Waals surface area (Å²) < 4.78 is 13.7. The van der Waals surface area contributed by atoms with Crippen LogP contribution in [0.3, 0.4) is 0 Å². The van der Waals surface area contributed by atoms with Crippen LogP contribution < -0.4 is 10.6 Å². The Bertz CT molecular complexity index is 487. The molecule has 2 N–H and O–H groups in total. The van der Waals surface area contributed by atoms with E-state index in [4.69, 9.17) is 0 Å². The van der Waals surface area contributed by atoms with E-state index in [1.54, 1.807) is 13.0 Å². The van der Waals surface area contributed by atoms with Crippen molar-refractivity contribution in [2.75, 3.05) is 18.4 Å². The molecule has 1 atom stereocenters. The third kappa shape index (κ3) is 4.28. The van der Waals surface area contributed by atoms with Crippen molar-refractivity contribution in [1.29, 1.82) is 0 Å². The smallest absolute Gasteiger partial charge is 0.224 e. The summed E-state index contributed by atoms with van der Waals surface area (Å²) in [6.07, 6.45) is 3.80. The van der Waals surface area contributed by atoms with Crippen LogP contribution in [0.2, 0.25) is 0 Å². The lowest BCUT2D eigenvalue weighted by molar-refractivity contribution is -0.116. The molecule has 1 fully saturated rings. The van der Waals surface area contributed by atoms with Crippen molar-refractivity contribution in [2.45, 2.75) is 32.6 Å². The summed E-state index contributed by atoms with van der Waals surface area (Å²) in [6.45, 7) is 3.89. The molecule has 1 amide bonds. The fourth-order valence-corrected chi connectivity index (χ4v) is 2.84. The maximum atomic E-state index is 13.3. The fourth-order valence-electron chi connectivity index (χ4n) is 2.50. The zero-order valence-electron chi connectivity index (χ0n) is 11.6. The molecule has 0 aliphatic carbocycles. The van der Waals surface area contributed by atoms with Gasteiger partial charge in [-0.25, -0.2) is 4.39 Å². The van der Waals surface area contributed by atoms with Crippen molar-refractivity contribution < 1.29 is 9.18 Å². The Labute approximate surface area is 127 Å². The number of nitrogens with one attached hydrogen (secondary N) is 2. The van der Waals surface area contributed by atoms with Gasteiger partial charge in [0, 0.05) is 12.1 Å². The Balaban J connectivity index is 1.86. The number of piperidine rings is 1. The molecule has 0 aromatic heterocycles. The van der Waals surface area contributed by atoms with Gasteiger partial charge in [-0.2, -0.15) is 0 Å². The number of carbonyl (C=O) groups is 1. The number of hydrogen-bond donors (Lipinski definition) is 2. The molecule has 20 heavy (non-hydrogen) atoms. The average molecular weight is 343 g/mol. The number of hydrogen-bond acceptors (Lipinski definition) is 2. The molecule has 0 radical (unpaired) electrons. The molecule has 3 nitrogen and oxygen atoms in total. The summed E-state index contributed by atoms with van der Waals surface area (Å²) in [4.78, 5) is 12.0. The highest BCUT2D eigenvalue weighted by atomic mass is 79.9. The first-order valence-corrected chi connectivity index (χ1v) is 7.82. The molecule has 2 rings (SSSR count). The van der Waals surface area contributed by atoms with Crippen LogP contribution in [0.5, 0.6) is 0 Å². The highest BCUT2D eigenvalue weighted by Crippen LogP contribution is 2.24. The van der Waals surface area contributed by atoms with Crippen LogP contribution in [0.15, 0.2) is 16.6 Å². The van der Waals surface area contributed by atoms with Crippen molar-refractivity contribution in [3.63, 3.8) is 0 Å². The lowest BCUT2D eigenvalue weighted by Gasteiger charge is -2.22. The first-order valence-electron chi connectivity index (χ1n) is 7.02. The number of benzene rings is 1. The number of anilines is 1. The summed E-state index contributed by atoms with van der Waals surface area (Å²) in [7, 11) is 0. The van der Waals surface area contributed by atoms with E-state index in [1.165, 1.54) is 18.9 Å². The van der Waals surface area contributed by atoms with Crippen LogP contribution in [-0.4, -0.2) is 19.0 Å². The van der Waals surface area contributed by atoms with Crippen LogP contribution >= 0.6 is 15.9 Å². The minimum absolute atomic E-state index is 0.00261. The topological polar surface area (TPSA) is 41.1 Å². The maximum Gasteiger partial charge on any atom is 0.224 e. The van der Waals surface area contributed by atoms with Crippen LogP contribution in [0.1, 0.15) is 31.2 Å². The number of rotatable bonds is 4. The van der Waals surface area contributed by atoms with Crippen LogP contribution in [0.25, 0.3) is 0 Å². The first kappa shape index (κ1) is 15.4. The minimum Gasteiger partial charge on any atom is -0.326 e. The second-order valence-corrected chi connectivity index (χ2v) is 6.23. The highest BCUT2D eigenvalue weighted by Gasteiger charge is 2.15. The zero-order chi connectivity index (χ0) is 14.5. The van der Waals surface area contributed by atoms with Gasteiger partial charge in [0.15, 0.2) is 0 Å². The molecular formula is C15H20BrFN2O. The molecule has 1 heterocycles. The van der Waals surface area contributed by atoms with Gasteiger partial charge >= 0.3 is 0 Å². The van der Waals surface area contributed by atoms with Crippen molar-refractivity contribution in [2.24, 2.45) is 5.92 Å². The van der Waals surface area contributed by atoms with Crippen molar-refractivity contribution >= 4 is 27.5 Å². The van der Waals surface area contributed by atoms with E-state index in [-0.39, 0.29) is 11.7 Å². The van der Waals surface area contributed by atoms with Gasteiger partial charge in [0.25, 0.3) is 0 Å². The molecule has 1 aromatic carbocycles. The van der Waals surface area contributed by atoms with E-state index < -0.39 is 0 Å². The largest absolute Gasteiger partial charge is 0.326 e. The zero-order valence-corrected chi connectivity index (χ0v) is 13.2. The number of carbonyl (C=O) groups excluding carboxylic acids is 1. The lowest BCUT2D eigenvalue weighted by Crippen LogP contribution is -2.30. The molecule has 1 aliphatic heterocycles. The predicted octanol–water partition coefficient (Wildman–Crippen LogP) is 3.61. The van der Waals surface area contributed by atoms with E-state index in [0.717, 1.165) is 25.1 Å². The van der Waals surface area contributed by atoms with E-state index in [1.807, 2.05) is 0 Å². The van der Waals surface area contributed by atoms with Crippen molar-refractivity contribution in [3.8, 4) is 0 Å². The van der Waals surface area contributed by atoms with Crippen molar-refractivity contribution in [1.82, 2.24) is 5.32 Å². The van der Waals surface area contributed by atoms with Gasteiger partial charge in [-0.05, 0) is 78.8 Å². The molecule has 0 saturated carbocycles. The van der Waals surface area contributed by atoms with Gasteiger partial charge in [0.2, 0.25) is 5.91 Å². The number of aryl methyl sites for hydroxylation is 1. The molecule has 0 bridgehead atoms. The normalized spacial score (nSPS) is 18.9. The van der Waals surface area contributed by atoms with E-state index >= 15 is 0 Å². The Kier molecular flexibility index (Phi) is 5.54. The average Bonchev–Trinajstić information content (AvgIpc) is 2.44. The van der Waals surface area contributed by atoms with Gasteiger partial charge in [-0.15, -0.1) is 0 Å². The Morgan fingerprint density at radius 1 is 1.55 bits per heavy atom. The predicted molar refractivity (Wildman–Crippen MR) is 82.3 cm³/mol. The summed E-state index contributed by atoms with van der Waals surface area (Å²) in [5.74, 6) is 0.279. The molecule has 0 spiro atoms. The second-order valence-electron chi connectivity index (χ2n) is 5.38. The van der Waals surface area contributed by atoms with Gasteiger partial charge in [0.05, 0.1) is 4.47 Å². The third-order valence-corrected chi connectivity index (χ3v) is 4.33. The van der Waals surface area contributed by atoms with Crippen LogP contribution in [0, 0.1) is 18.7 Å². The number of amides is 1. The fraction of sp³-hybridized carbons (Fsp3) is 0.533. The first-order chi connectivity index (χ1) is 9.56. The minimum atomic E-state index is -0.311. The molecular weight excluding hydrogens is 323 g/mol. The lowest BCUT2D eigenvalue weighted by atomic mass is 9.94. The molecule has 1 saturated heterocycles. The Morgan fingerprint density at radius 3 is 3.05 bits per heavy atom. The van der Waals surface area contributed by atoms with Gasteiger partial charge in [0.1, 0.15) is 5.82 Å².